The molecule has 0 saturated heterocycles. The zero-order valence-electron chi connectivity index (χ0n) is 5.88. The quantitative estimate of drug-likeness (QED) is 0.592. The first-order chi connectivity index (χ1) is 4.95. The number of hydrogen-bond acceptors (Lipinski definition) is 0. The minimum absolute atomic E-state index is 0.273. The van der Waals surface area contributed by atoms with Crippen molar-refractivity contribution in [1.82, 2.24) is 0 Å². The molecule has 0 aromatic carbocycles. The Bertz CT molecular complexity index is 108. The third kappa shape index (κ3) is 3.72. The Morgan fingerprint density at radius 3 is 2.09 bits per heavy atom. The summed E-state index contributed by atoms with van der Waals surface area (Å²) in [5.74, 6) is 0. The molecule has 0 bridgehead atoms. The van der Waals surface area contributed by atoms with Crippen molar-refractivity contribution in [3.63, 3.8) is 0 Å². The minimum atomic E-state index is -0.545. The third-order valence-electron chi connectivity index (χ3n) is 1.27. The van der Waals surface area contributed by atoms with E-state index in [1.807, 2.05) is 0 Å². The number of hydrogen-bond donors (Lipinski definition) is 0. The molecular weight excluding hydrogens is 383 g/mol. The van der Waals surface area contributed by atoms with E-state index in [1.165, 1.54) is 0 Å². The van der Waals surface area contributed by atoms with Crippen LogP contribution in [0.3, 0.4) is 0 Å². The van der Waals surface area contributed by atoms with Gasteiger partial charge in [0.25, 0.3) is 0 Å². The molecule has 0 aliphatic rings. The van der Waals surface area contributed by atoms with Gasteiger partial charge in [-0.05, 0) is 6.42 Å². The zero-order chi connectivity index (χ0) is 9.07. The van der Waals surface area contributed by atoms with Gasteiger partial charge in [0.05, 0.1) is 4.87 Å². The normalized spacial score (nSPS) is 19.9. The Morgan fingerprint density at radius 1 is 1.55 bits per heavy atom. The molecule has 0 nitrogen and oxygen atoms in total. The van der Waals surface area contributed by atoms with E-state index < -0.39 is 4.87 Å². The summed E-state index contributed by atoms with van der Waals surface area (Å²) in [7, 11) is 0. The van der Waals surface area contributed by atoms with Crippen molar-refractivity contribution >= 4 is 71.0 Å². The molecule has 11 heavy (non-hydrogen) atoms. The molecule has 0 rings (SSSR count). The van der Waals surface area contributed by atoms with Gasteiger partial charge in [0.1, 0.15) is 8.02 Å². The second-order valence-corrected chi connectivity index (χ2v) is 7.38. The average Bonchev–Trinajstić information content (AvgIpc) is 1.87. The van der Waals surface area contributed by atoms with Crippen LogP contribution in [-0.4, -0.2) is 9.16 Å². The predicted octanol–water partition coefficient (Wildman–Crippen LogP) is 5.00. The predicted molar refractivity (Wildman–Crippen MR) is 63.2 cm³/mol. The van der Waals surface area contributed by atoms with Gasteiger partial charge in [-0.25, -0.2) is 0 Å². The summed E-state index contributed by atoms with van der Waals surface area (Å²) in [5.41, 5.74) is 0. The van der Waals surface area contributed by atoms with Gasteiger partial charge in [-0.1, -0.05) is 61.1 Å². The first-order valence-electron chi connectivity index (χ1n) is 3.10. The lowest BCUT2D eigenvalue weighted by atomic mass is 10.1. The van der Waals surface area contributed by atoms with Crippen molar-refractivity contribution in [3.8, 4) is 0 Å². The summed E-state index contributed by atoms with van der Waals surface area (Å²) in [4.78, 5) is -0.545. The van der Waals surface area contributed by atoms with Crippen LogP contribution in [0.15, 0.2) is 0 Å². The molecule has 1 radical (unpaired) electrons. The Kier molecular flexibility index (Phi) is 6.73. The largest absolute Gasteiger partial charge is 0.129 e. The molecule has 0 aliphatic carbocycles. The molecule has 0 aromatic rings. The van der Waals surface area contributed by atoms with E-state index in [0.29, 0.717) is 0 Å². The van der Waals surface area contributed by atoms with Crippen LogP contribution in [0.1, 0.15) is 19.8 Å². The highest BCUT2D eigenvalue weighted by molar-refractivity contribution is 9.27. The summed E-state index contributed by atoms with van der Waals surface area (Å²) >= 11 is 21.9. The monoisotopic (exact) mass is 387 g/mol. The standard InChI is InChI=1S/C6H8Br3Cl2/c1-2-3-6(11,4(7)8)5(9)10/h5H,2-3H2,1H3. The van der Waals surface area contributed by atoms with Gasteiger partial charge in [-0.2, -0.15) is 0 Å². The van der Waals surface area contributed by atoms with Crippen molar-refractivity contribution < 1.29 is 0 Å². The van der Waals surface area contributed by atoms with Gasteiger partial charge in [-0.15, -0.1) is 23.2 Å². The molecule has 0 saturated carbocycles. The van der Waals surface area contributed by atoms with Crippen LogP contribution in [0, 0.1) is 3.74 Å². The first kappa shape index (κ1) is 13.0. The fraction of sp³-hybridized carbons (Fsp3) is 0.833. The summed E-state index contributed by atoms with van der Waals surface area (Å²) in [6.07, 6.45) is 1.80. The van der Waals surface area contributed by atoms with Crippen molar-refractivity contribution in [1.29, 1.82) is 0 Å². The molecule has 0 heterocycles. The lowest BCUT2D eigenvalue weighted by Crippen LogP contribution is -2.31. The number of halogens is 5. The van der Waals surface area contributed by atoms with Crippen LogP contribution in [0.5, 0.6) is 0 Å². The summed E-state index contributed by atoms with van der Waals surface area (Å²) < 4.78 is 0.517. The third-order valence-corrected chi connectivity index (χ3v) is 5.27. The van der Waals surface area contributed by atoms with Crippen LogP contribution in [0.2, 0.25) is 0 Å². The molecular formula is C6H8Br3Cl2. The highest BCUT2D eigenvalue weighted by atomic mass is 79.9. The average molecular weight is 391 g/mol. The van der Waals surface area contributed by atoms with Crippen LogP contribution in [-0.2, 0) is 0 Å². The maximum absolute atomic E-state index is 6.20. The number of rotatable bonds is 4. The highest BCUT2D eigenvalue weighted by Gasteiger charge is 2.39. The van der Waals surface area contributed by atoms with E-state index in [0.717, 1.165) is 16.6 Å². The molecule has 0 aliphatic heterocycles. The fourth-order valence-corrected chi connectivity index (χ4v) is 3.25. The number of alkyl halides is 3. The molecule has 2 unspecified atom stereocenters. The fourth-order valence-electron chi connectivity index (χ4n) is 0.650. The molecule has 0 aromatic heterocycles. The topological polar surface area (TPSA) is 0 Å². The lowest BCUT2D eigenvalue weighted by Gasteiger charge is -2.28. The Morgan fingerprint density at radius 2 is 2.00 bits per heavy atom. The summed E-state index contributed by atoms with van der Waals surface area (Å²) in [6.45, 7) is 2.06. The minimum Gasteiger partial charge on any atom is -0.114 e. The highest BCUT2D eigenvalue weighted by Crippen LogP contribution is 2.47. The Hall–Kier alpha value is 2.02. The molecule has 0 fully saturated rings. The van der Waals surface area contributed by atoms with Gasteiger partial charge in [0.15, 0.2) is 0 Å². The van der Waals surface area contributed by atoms with Gasteiger partial charge >= 0.3 is 0 Å². The van der Waals surface area contributed by atoms with Crippen molar-refractivity contribution in [2.75, 3.05) is 0 Å². The van der Waals surface area contributed by atoms with Crippen LogP contribution < -0.4 is 0 Å². The molecule has 0 spiro atoms. The van der Waals surface area contributed by atoms with E-state index in [4.69, 9.17) is 23.2 Å². The van der Waals surface area contributed by atoms with E-state index >= 15 is 0 Å². The SMILES string of the molecule is CCCC(Cl)([C](Br)Br)C(Cl)Br. The maximum Gasteiger partial charge on any atom is 0.129 e. The maximum atomic E-state index is 6.20. The molecule has 0 N–H and O–H groups in total. The van der Waals surface area contributed by atoms with E-state index in [1.54, 1.807) is 0 Å². The van der Waals surface area contributed by atoms with E-state index in [2.05, 4.69) is 54.7 Å². The van der Waals surface area contributed by atoms with Gasteiger partial charge in [0.2, 0.25) is 0 Å². The van der Waals surface area contributed by atoms with Crippen molar-refractivity contribution in [2.24, 2.45) is 0 Å². The van der Waals surface area contributed by atoms with Gasteiger partial charge in [-0.3, -0.25) is 0 Å². The second kappa shape index (κ2) is 5.69. The Balaban J connectivity index is 4.26. The van der Waals surface area contributed by atoms with E-state index in [9.17, 15) is 0 Å². The van der Waals surface area contributed by atoms with Crippen LogP contribution in [0.25, 0.3) is 0 Å². The van der Waals surface area contributed by atoms with E-state index in [-0.39, 0.29) is 4.29 Å². The molecule has 0 amide bonds. The van der Waals surface area contributed by atoms with Gasteiger partial charge in [0, 0.05) is 0 Å². The molecule has 67 valence electrons. The van der Waals surface area contributed by atoms with Gasteiger partial charge < -0.3 is 0 Å². The second-order valence-electron chi connectivity index (χ2n) is 2.17. The zero-order valence-corrected chi connectivity index (χ0v) is 12.2. The van der Waals surface area contributed by atoms with Crippen molar-refractivity contribution in [2.45, 2.75) is 28.9 Å². The smallest absolute Gasteiger partial charge is 0.114 e. The van der Waals surface area contributed by atoms with Crippen LogP contribution in [0.4, 0.5) is 0 Å². The first-order valence-corrected chi connectivity index (χ1v) is 6.42. The summed E-state index contributed by atoms with van der Waals surface area (Å²) in [5, 5.41) is 0. The molecule has 2 atom stereocenters. The lowest BCUT2D eigenvalue weighted by molar-refractivity contribution is 0.645. The molecule has 5 heteroatoms. The Labute approximate surface area is 103 Å². The van der Waals surface area contributed by atoms with Crippen LogP contribution >= 0.6 is 71.0 Å². The summed E-state index contributed by atoms with van der Waals surface area (Å²) in [6, 6.07) is 0. The van der Waals surface area contributed by atoms with Crippen molar-refractivity contribution in [3.05, 3.63) is 3.74 Å².